The molecule has 4 aliphatic rings. The standard InChI is InChI=1S/C23H33N3O2/c24-19-17-7-1-2-8-18(17)22(20(19)27)11-15-25(16-12-22)21(28)23(9-3-4-10-23)26-13-5-6-14-26/h1-2,7-8,19-20,27H,3-6,9-16,24H2/t19-,20+/m1/s1. The van der Waals surface area contributed by atoms with Gasteiger partial charge in [-0.1, -0.05) is 37.1 Å². The number of aliphatic hydroxyl groups excluding tert-OH is 1. The average molecular weight is 384 g/mol. The highest BCUT2D eigenvalue weighted by Crippen LogP contribution is 2.50. The number of hydrogen-bond acceptors (Lipinski definition) is 4. The van der Waals surface area contributed by atoms with Gasteiger partial charge in [-0.05, 0) is 62.7 Å². The van der Waals surface area contributed by atoms with Gasteiger partial charge in [-0.3, -0.25) is 9.69 Å². The first-order chi connectivity index (χ1) is 13.6. The van der Waals surface area contributed by atoms with Crippen LogP contribution >= 0.6 is 0 Å². The van der Waals surface area contributed by atoms with Crippen molar-refractivity contribution in [3.05, 3.63) is 35.4 Å². The Kier molecular flexibility index (Phi) is 4.53. The van der Waals surface area contributed by atoms with E-state index in [1.54, 1.807) is 0 Å². The van der Waals surface area contributed by atoms with Crippen LogP contribution in [0, 0.1) is 0 Å². The van der Waals surface area contributed by atoms with Gasteiger partial charge in [0.2, 0.25) is 5.91 Å². The molecule has 3 N–H and O–H groups in total. The molecule has 5 heteroatoms. The van der Waals surface area contributed by atoms with E-state index >= 15 is 0 Å². The van der Waals surface area contributed by atoms with Gasteiger partial charge in [0, 0.05) is 18.5 Å². The molecule has 28 heavy (non-hydrogen) atoms. The predicted molar refractivity (Wildman–Crippen MR) is 109 cm³/mol. The van der Waals surface area contributed by atoms with Crippen LogP contribution in [-0.2, 0) is 10.2 Å². The molecule has 0 radical (unpaired) electrons. The second kappa shape index (κ2) is 6.82. The largest absolute Gasteiger partial charge is 0.390 e. The monoisotopic (exact) mass is 383 g/mol. The Bertz CT molecular complexity index is 744. The first-order valence-electron chi connectivity index (χ1n) is 11.2. The van der Waals surface area contributed by atoms with Crippen molar-refractivity contribution in [1.82, 2.24) is 9.80 Å². The number of carbonyl (C=O) groups is 1. The van der Waals surface area contributed by atoms with Crippen molar-refractivity contribution >= 4 is 5.91 Å². The zero-order chi connectivity index (χ0) is 19.4. The highest BCUT2D eigenvalue weighted by atomic mass is 16.3. The van der Waals surface area contributed by atoms with Gasteiger partial charge in [-0.2, -0.15) is 0 Å². The number of nitrogens with two attached hydrogens (primary N) is 1. The highest BCUT2D eigenvalue weighted by molar-refractivity contribution is 5.87. The van der Waals surface area contributed by atoms with Gasteiger partial charge in [0.1, 0.15) is 5.54 Å². The van der Waals surface area contributed by atoms with Crippen molar-refractivity contribution in [2.45, 2.75) is 74.5 Å². The molecular weight excluding hydrogens is 350 g/mol. The average Bonchev–Trinajstić information content (AvgIpc) is 3.47. The molecule has 2 atom stereocenters. The number of piperidine rings is 1. The van der Waals surface area contributed by atoms with Gasteiger partial charge >= 0.3 is 0 Å². The molecule has 2 heterocycles. The molecule has 152 valence electrons. The molecule has 1 saturated carbocycles. The van der Waals surface area contributed by atoms with Gasteiger partial charge in [-0.15, -0.1) is 0 Å². The molecule has 1 aromatic rings. The second-order valence-corrected chi connectivity index (χ2v) is 9.44. The van der Waals surface area contributed by atoms with Crippen LogP contribution in [-0.4, -0.2) is 58.6 Å². The second-order valence-electron chi connectivity index (χ2n) is 9.44. The van der Waals surface area contributed by atoms with E-state index in [0.717, 1.165) is 57.4 Å². The van der Waals surface area contributed by atoms with E-state index in [1.165, 1.54) is 31.2 Å². The van der Waals surface area contributed by atoms with Gasteiger partial charge in [-0.25, -0.2) is 0 Å². The number of amides is 1. The lowest BCUT2D eigenvalue weighted by atomic mass is 9.71. The molecule has 0 aromatic heterocycles. The number of rotatable bonds is 2. The number of benzene rings is 1. The van der Waals surface area contributed by atoms with E-state index in [-0.39, 0.29) is 17.0 Å². The fourth-order valence-corrected chi connectivity index (χ4v) is 6.65. The van der Waals surface area contributed by atoms with Crippen molar-refractivity contribution in [2.24, 2.45) is 5.73 Å². The smallest absolute Gasteiger partial charge is 0.243 e. The van der Waals surface area contributed by atoms with Crippen LogP contribution in [0.5, 0.6) is 0 Å². The molecule has 1 aromatic carbocycles. The van der Waals surface area contributed by atoms with Gasteiger partial charge < -0.3 is 15.7 Å². The lowest BCUT2D eigenvalue weighted by Crippen LogP contribution is -2.60. The highest BCUT2D eigenvalue weighted by Gasteiger charge is 2.54. The lowest BCUT2D eigenvalue weighted by Gasteiger charge is -2.46. The summed E-state index contributed by atoms with van der Waals surface area (Å²) in [5.41, 5.74) is 8.11. The van der Waals surface area contributed by atoms with E-state index in [9.17, 15) is 9.90 Å². The molecule has 1 amide bonds. The summed E-state index contributed by atoms with van der Waals surface area (Å²) in [4.78, 5) is 18.3. The summed E-state index contributed by atoms with van der Waals surface area (Å²) in [6.45, 7) is 3.61. The number of likely N-dealkylation sites (tertiary alicyclic amines) is 2. The molecule has 3 fully saturated rings. The summed E-state index contributed by atoms with van der Waals surface area (Å²) in [5.74, 6) is 0.354. The third-order valence-electron chi connectivity index (χ3n) is 8.25. The first-order valence-corrected chi connectivity index (χ1v) is 11.2. The molecule has 5 nitrogen and oxygen atoms in total. The lowest BCUT2D eigenvalue weighted by molar-refractivity contribution is -0.146. The number of carbonyl (C=O) groups excluding carboxylic acids is 1. The summed E-state index contributed by atoms with van der Waals surface area (Å²) in [6.07, 6.45) is 7.87. The molecule has 5 rings (SSSR count). The normalized spacial score (nSPS) is 31.4. The van der Waals surface area contributed by atoms with E-state index in [0.29, 0.717) is 5.91 Å². The maximum absolute atomic E-state index is 13.7. The third-order valence-corrected chi connectivity index (χ3v) is 8.25. The van der Waals surface area contributed by atoms with Crippen LogP contribution < -0.4 is 5.73 Å². The van der Waals surface area contributed by atoms with Crippen LogP contribution in [0.1, 0.15) is 68.5 Å². The third kappa shape index (κ3) is 2.52. The maximum Gasteiger partial charge on any atom is 0.243 e. The summed E-state index contributed by atoms with van der Waals surface area (Å²) in [7, 11) is 0. The topological polar surface area (TPSA) is 69.8 Å². The number of hydrogen-bond donors (Lipinski definition) is 2. The van der Waals surface area contributed by atoms with E-state index < -0.39 is 6.10 Å². The van der Waals surface area contributed by atoms with Crippen molar-refractivity contribution in [3.63, 3.8) is 0 Å². The Hall–Kier alpha value is -1.43. The van der Waals surface area contributed by atoms with Crippen molar-refractivity contribution < 1.29 is 9.90 Å². The summed E-state index contributed by atoms with van der Waals surface area (Å²) >= 11 is 0. The Balaban J connectivity index is 1.37. The Morgan fingerprint density at radius 3 is 2.29 bits per heavy atom. The minimum Gasteiger partial charge on any atom is -0.390 e. The molecule has 0 bridgehead atoms. The molecule has 1 spiro atoms. The summed E-state index contributed by atoms with van der Waals surface area (Å²) in [5, 5.41) is 11.0. The molecule has 0 unspecified atom stereocenters. The fourth-order valence-electron chi connectivity index (χ4n) is 6.65. The fraction of sp³-hybridized carbons (Fsp3) is 0.696. The van der Waals surface area contributed by atoms with Crippen LogP contribution in [0.3, 0.4) is 0 Å². The van der Waals surface area contributed by atoms with Crippen LogP contribution in [0.25, 0.3) is 0 Å². The van der Waals surface area contributed by atoms with Crippen molar-refractivity contribution in [3.8, 4) is 0 Å². The Morgan fingerprint density at radius 1 is 0.964 bits per heavy atom. The quantitative estimate of drug-likeness (QED) is 0.822. The SMILES string of the molecule is N[C@@H]1c2ccccc2C2(CCN(C(=O)C3(N4CCCC4)CCCC3)CC2)[C@H]1O. The number of aliphatic hydroxyl groups is 1. The van der Waals surface area contributed by atoms with Crippen LogP contribution in [0.4, 0.5) is 0 Å². The van der Waals surface area contributed by atoms with Crippen molar-refractivity contribution in [1.29, 1.82) is 0 Å². The number of nitrogens with zero attached hydrogens (tertiary/aromatic N) is 2. The van der Waals surface area contributed by atoms with E-state index in [4.69, 9.17) is 5.73 Å². The minimum atomic E-state index is -0.554. The predicted octanol–water partition coefficient (Wildman–Crippen LogP) is 2.33. The van der Waals surface area contributed by atoms with E-state index in [2.05, 4.69) is 21.9 Å². The van der Waals surface area contributed by atoms with E-state index in [1.807, 2.05) is 12.1 Å². The van der Waals surface area contributed by atoms with Crippen molar-refractivity contribution in [2.75, 3.05) is 26.2 Å². The summed E-state index contributed by atoms with van der Waals surface area (Å²) < 4.78 is 0. The Morgan fingerprint density at radius 2 is 1.61 bits per heavy atom. The maximum atomic E-state index is 13.7. The summed E-state index contributed by atoms with van der Waals surface area (Å²) in [6, 6.07) is 7.92. The molecule has 2 aliphatic carbocycles. The Labute approximate surface area is 167 Å². The zero-order valence-corrected chi connectivity index (χ0v) is 16.8. The van der Waals surface area contributed by atoms with Gasteiger partial charge in [0.15, 0.2) is 0 Å². The number of fused-ring (bicyclic) bond motifs is 2. The van der Waals surface area contributed by atoms with Gasteiger partial charge in [0.25, 0.3) is 0 Å². The molecule has 2 saturated heterocycles. The molecule has 2 aliphatic heterocycles. The van der Waals surface area contributed by atoms with Gasteiger partial charge in [0.05, 0.1) is 12.1 Å². The minimum absolute atomic E-state index is 0.246. The first kappa shape index (κ1) is 18.6. The molecular formula is C23H33N3O2. The van der Waals surface area contributed by atoms with Crippen LogP contribution in [0.2, 0.25) is 0 Å². The zero-order valence-electron chi connectivity index (χ0n) is 16.8. The van der Waals surface area contributed by atoms with Crippen LogP contribution in [0.15, 0.2) is 24.3 Å².